The smallest absolute Gasteiger partial charge is 0.237 e. The van der Waals surface area contributed by atoms with Gasteiger partial charge in [0.05, 0.1) is 19.2 Å². The van der Waals surface area contributed by atoms with Gasteiger partial charge in [0.25, 0.3) is 0 Å². The van der Waals surface area contributed by atoms with Crippen molar-refractivity contribution in [1.29, 1.82) is 5.26 Å². The lowest BCUT2D eigenvalue weighted by atomic mass is 9.96. The number of hydrogen-bond acceptors (Lipinski definition) is 3. The lowest BCUT2D eigenvalue weighted by molar-refractivity contribution is -0.130. The highest BCUT2D eigenvalue weighted by Gasteiger charge is 2.44. The summed E-state index contributed by atoms with van der Waals surface area (Å²) in [6, 6.07) is 1.44. The van der Waals surface area contributed by atoms with Crippen LogP contribution in [0.3, 0.4) is 0 Å². The van der Waals surface area contributed by atoms with Crippen LogP contribution in [0.15, 0.2) is 0 Å². The average Bonchev–Trinajstić information content (AvgIpc) is 3.09. The van der Waals surface area contributed by atoms with E-state index in [1.54, 1.807) is 0 Å². The monoisotopic (exact) mass is 293 g/mol. The molecule has 4 unspecified atom stereocenters. The van der Waals surface area contributed by atoms with Gasteiger partial charge < -0.3 is 10.2 Å². The average molecular weight is 293 g/mol. The second-order valence-corrected chi connectivity index (χ2v) is 7.30. The second-order valence-electron chi connectivity index (χ2n) is 7.30. The van der Waals surface area contributed by atoms with Crippen molar-refractivity contribution in [2.45, 2.75) is 63.2 Å². The lowest BCUT2D eigenvalue weighted by Crippen LogP contribution is -2.48. The van der Waals surface area contributed by atoms with E-state index in [0.29, 0.717) is 0 Å². The molecule has 1 N–H and O–H groups in total. The topological polar surface area (TPSA) is 56.1 Å². The van der Waals surface area contributed by atoms with E-state index in [1.807, 2.05) is 6.07 Å². The summed E-state index contributed by atoms with van der Waals surface area (Å²) in [5.41, 5.74) is 0.0302. The van der Waals surface area contributed by atoms with E-state index < -0.39 is 12.2 Å². The molecule has 116 valence electrons. The van der Waals surface area contributed by atoms with Crippen LogP contribution in [-0.2, 0) is 4.79 Å². The van der Waals surface area contributed by atoms with E-state index in [9.17, 15) is 9.18 Å². The number of fused-ring (bicyclic) bond motifs is 1. The molecule has 1 amide bonds. The number of hydrogen-bond donors (Lipinski definition) is 1. The van der Waals surface area contributed by atoms with Gasteiger partial charge in [0.2, 0.25) is 5.91 Å². The largest absolute Gasteiger partial charge is 0.323 e. The van der Waals surface area contributed by atoms with Crippen LogP contribution < -0.4 is 5.32 Å². The number of rotatable bonds is 3. The number of nitrogens with one attached hydrogen (secondary N) is 1. The van der Waals surface area contributed by atoms with Gasteiger partial charge in [-0.3, -0.25) is 4.79 Å². The van der Waals surface area contributed by atoms with Crippen LogP contribution in [0.1, 0.15) is 45.4 Å². The molecule has 0 radical (unpaired) electrons. The first-order valence-corrected chi connectivity index (χ1v) is 8.09. The molecular weight excluding hydrogens is 269 g/mol. The van der Waals surface area contributed by atoms with Gasteiger partial charge >= 0.3 is 0 Å². The molecule has 5 atom stereocenters. The summed E-state index contributed by atoms with van der Waals surface area (Å²) >= 11 is 0. The highest BCUT2D eigenvalue weighted by Crippen LogP contribution is 2.48. The quantitative estimate of drug-likeness (QED) is 0.866. The van der Waals surface area contributed by atoms with Gasteiger partial charge in [-0.2, -0.15) is 5.26 Å². The normalized spacial score (nSPS) is 42.0. The first kappa shape index (κ1) is 14.8. The summed E-state index contributed by atoms with van der Waals surface area (Å²) in [7, 11) is 0. The van der Waals surface area contributed by atoms with Crippen LogP contribution in [0.5, 0.6) is 0 Å². The molecule has 1 heterocycles. The Hall–Kier alpha value is -1.15. The minimum absolute atomic E-state index is 0.0302. The molecule has 3 aliphatic rings. The molecule has 3 rings (SSSR count). The van der Waals surface area contributed by atoms with Crippen LogP contribution in [-0.4, -0.2) is 41.6 Å². The minimum atomic E-state index is -1.06. The molecule has 1 saturated heterocycles. The van der Waals surface area contributed by atoms with E-state index >= 15 is 0 Å². The standard InChI is InChI=1S/C16H24FN3O/c1-16(6-11-3-2-4-12(11)7-16)19-9-15(21)20-10-13(17)5-14(20)8-18/h11-14,19H,2-7,9-10H2,1H3/t11-,12?,13?,14?,16?/m1/s1. The van der Waals surface area contributed by atoms with E-state index in [-0.39, 0.29) is 31.0 Å². The van der Waals surface area contributed by atoms with Crippen molar-refractivity contribution in [3.05, 3.63) is 0 Å². The molecule has 0 aromatic carbocycles. The van der Waals surface area contributed by atoms with Crippen LogP contribution in [0.25, 0.3) is 0 Å². The summed E-state index contributed by atoms with van der Waals surface area (Å²) in [6.07, 6.45) is 5.37. The molecule has 2 saturated carbocycles. The van der Waals surface area contributed by atoms with Crippen molar-refractivity contribution >= 4 is 5.91 Å². The fourth-order valence-electron chi connectivity index (χ4n) is 4.61. The van der Waals surface area contributed by atoms with Crippen LogP contribution in [0.4, 0.5) is 4.39 Å². The zero-order valence-electron chi connectivity index (χ0n) is 12.6. The third-order valence-electron chi connectivity index (χ3n) is 5.63. The maximum Gasteiger partial charge on any atom is 0.237 e. The molecule has 1 aliphatic heterocycles. The van der Waals surface area contributed by atoms with Gasteiger partial charge in [-0.05, 0) is 31.6 Å². The maximum atomic E-state index is 13.4. The zero-order valence-corrected chi connectivity index (χ0v) is 12.6. The fourth-order valence-corrected chi connectivity index (χ4v) is 4.61. The maximum absolute atomic E-state index is 13.4. The summed E-state index contributed by atoms with van der Waals surface area (Å²) in [6.45, 7) is 2.49. The van der Waals surface area contributed by atoms with E-state index in [2.05, 4.69) is 12.2 Å². The van der Waals surface area contributed by atoms with Crippen molar-refractivity contribution in [3.63, 3.8) is 0 Å². The van der Waals surface area contributed by atoms with Crippen molar-refractivity contribution in [1.82, 2.24) is 10.2 Å². The van der Waals surface area contributed by atoms with Crippen LogP contribution >= 0.6 is 0 Å². The Morgan fingerprint density at radius 1 is 1.43 bits per heavy atom. The highest BCUT2D eigenvalue weighted by atomic mass is 19.1. The summed E-state index contributed by atoms with van der Waals surface area (Å²) in [4.78, 5) is 13.7. The van der Waals surface area contributed by atoms with Gasteiger partial charge in [-0.25, -0.2) is 4.39 Å². The molecule has 0 spiro atoms. The van der Waals surface area contributed by atoms with Crippen molar-refractivity contribution in [2.75, 3.05) is 13.1 Å². The van der Waals surface area contributed by atoms with E-state index in [4.69, 9.17) is 5.26 Å². The minimum Gasteiger partial charge on any atom is -0.323 e. The third-order valence-corrected chi connectivity index (χ3v) is 5.63. The Balaban J connectivity index is 1.53. The van der Waals surface area contributed by atoms with Gasteiger partial charge in [-0.15, -0.1) is 0 Å². The summed E-state index contributed by atoms with van der Waals surface area (Å²) in [5, 5.41) is 12.4. The molecule has 0 aromatic heterocycles. The predicted octanol–water partition coefficient (Wildman–Crippen LogP) is 2.01. The number of amides is 1. The van der Waals surface area contributed by atoms with Gasteiger partial charge in [0.1, 0.15) is 12.2 Å². The Labute approximate surface area is 125 Å². The fraction of sp³-hybridized carbons (Fsp3) is 0.875. The Bertz CT molecular complexity index is 449. The van der Waals surface area contributed by atoms with Crippen molar-refractivity contribution in [3.8, 4) is 6.07 Å². The van der Waals surface area contributed by atoms with Gasteiger partial charge in [0.15, 0.2) is 0 Å². The van der Waals surface area contributed by atoms with Crippen LogP contribution in [0.2, 0.25) is 0 Å². The number of alkyl halides is 1. The molecule has 0 bridgehead atoms. The van der Waals surface area contributed by atoms with Crippen molar-refractivity contribution < 1.29 is 9.18 Å². The summed E-state index contributed by atoms with van der Waals surface area (Å²) < 4.78 is 13.4. The molecule has 3 fully saturated rings. The SMILES string of the molecule is CC1(NCC(=O)N2CC(F)CC2C#N)CC2CCC[C@@H]2C1. The van der Waals surface area contributed by atoms with Gasteiger partial charge in [0, 0.05) is 12.0 Å². The first-order chi connectivity index (χ1) is 10.0. The second kappa shape index (κ2) is 5.57. The molecule has 21 heavy (non-hydrogen) atoms. The van der Waals surface area contributed by atoms with E-state index in [0.717, 1.165) is 24.7 Å². The van der Waals surface area contributed by atoms with E-state index in [1.165, 1.54) is 24.2 Å². The number of halogens is 1. The Kier molecular flexibility index (Phi) is 3.92. The lowest BCUT2D eigenvalue weighted by Gasteiger charge is -2.28. The first-order valence-electron chi connectivity index (χ1n) is 8.09. The van der Waals surface area contributed by atoms with Crippen molar-refractivity contribution in [2.24, 2.45) is 11.8 Å². The number of carbonyl (C=O) groups excluding carboxylic acids is 1. The number of nitrogens with zero attached hydrogens (tertiary/aromatic N) is 2. The number of carbonyl (C=O) groups is 1. The predicted molar refractivity (Wildman–Crippen MR) is 77.1 cm³/mol. The number of likely N-dealkylation sites (tertiary alicyclic amines) is 1. The van der Waals surface area contributed by atoms with Crippen LogP contribution in [0, 0.1) is 23.2 Å². The summed E-state index contributed by atoms with van der Waals surface area (Å²) in [5.74, 6) is 1.48. The molecule has 5 heteroatoms. The Morgan fingerprint density at radius 2 is 2.10 bits per heavy atom. The number of nitriles is 1. The molecule has 4 nitrogen and oxygen atoms in total. The highest BCUT2D eigenvalue weighted by molar-refractivity contribution is 5.79. The molecule has 2 aliphatic carbocycles. The molecule has 0 aromatic rings. The Morgan fingerprint density at radius 3 is 2.71 bits per heavy atom. The third kappa shape index (κ3) is 2.91. The van der Waals surface area contributed by atoms with Gasteiger partial charge in [-0.1, -0.05) is 19.3 Å². The molecular formula is C16H24FN3O. The zero-order chi connectivity index (χ0) is 15.0.